The summed E-state index contributed by atoms with van der Waals surface area (Å²) >= 11 is 0. The second kappa shape index (κ2) is 5.80. The third-order valence-corrected chi connectivity index (χ3v) is 2.79. The molecule has 1 amide bonds. The van der Waals surface area contributed by atoms with Crippen molar-refractivity contribution in [2.24, 2.45) is 0 Å². The first-order valence-electron chi connectivity index (χ1n) is 6.15. The van der Waals surface area contributed by atoms with Crippen molar-refractivity contribution < 1.29 is 9.90 Å². The Morgan fingerprint density at radius 1 is 1.24 bits per heavy atom. The quantitative estimate of drug-likeness (QED) is 0.720. The van der Waals surface area contributed by atoms with Gasteiger partial charge in [0.1, 0.15) is 0 Å². The average molecular weight is 243 g/mol. The predicted octanol–water partition coefficient (Wildman–Crippen LogP) is -0.537. The summed E-state index contributed by atoms with van der Waals surface area (Å²) in [6.07, 6.45) is 0. The standard InChI is InChI=1S/C12H25N3O2/c1-12(2,17)10-14-5-7-15(8-6-14)11(16)9-13(3)4/h17H,5-10H2,1-4H3. The van der Waals surface area contributed by atoms with E-state index in [0.29, 0.717) is 13.1 Å². The molecule has 1 heterocycles. The minimum atomic E-state index is -0.657. The molecule has 1 aliphatic heterocycles. The van der Waals surface area contributed by atoms with E-state index in [9.17, 15) is 9.90 Å². The molecule has 0 spiro atoms. The molecule has 5 heteroatoms. The first kappa shape index (κ1) is 14.4. The Kier molecular flexibility index (Phi) is 4.91. The molecule has 100 valence electrons. The van der Waals surface area contributed by atoms with Gasteiger partial charge in [-0.2, -0.15) is 0 Å². The third-order valence-electron chi connectivity index (χ3n) is 2.79. The molecule has 0 aromatic carbocycles. The number of rotatable bonds is 4. The Labute approximate surface area is 104 Å². The van der Waals surface area contributed by atoms with Crippen LogP contribution in [0.25, 0.3) is 0 Å². The third kappa shape index (κ3) is 5.48. The number of carbonyl (C=O) groups excluding carboxylic acids is 1. The zero-order chi connectivity index (χ0) is 13.1. The van der Waals surface area contributed by atoms with Crippen LogP contribution in [0.1, 0.15) is 13.8 Å². The summed E-state index contributed by atoms with van der Waals surface area (Å²) in [6.45, 7) is 8.01. The van der Waals surface area contributed by atoms with Gasteiger partial charge in [0.25, 0.3) is 0 Å². The maximum atomic E-state index is 11.8. The molecule has 5 nitrogen and oxygen atoms in total. The van der Waals surface area contributed by atoms with Crippen LogP contribution in [0.4, 0.5) is 0 Å². The number of aliphatic hydroxyl groups is 1. The number of nitrogens with zero attached hydrogens (tertiary/aromatic N) is 3. The van der Waals surface area contributed by atoms with Crippen LogP contribution in [0.2, 0.25) is 0 Å². The molecule has 1 fully saturated rings. The molecule has 1 N–H and O–H groups in total. The number of carbonyl (C=O) groups is 1. The molecular weight excluding hydrogens is 218 g/mol. The van der Waals surface area contributed by atoms with Crippen molar-refractivity contribution in [2.75, 3.05) is 53.4 Å². The fraction of sp³-hybridized carbons (Fsp3) is 0.917. The van der Waals surface area contributed by atoms with Crippen molar-refractivity contribution in [1.82, 2.24) is 14.7 Å². The molecular formula is C12H25N3O2. The van der Waals surface area contributed by atoms with Gasteiger partial charge in [-0.25, -0.2) is 0 Å². The van der Waals surface area contributed by atoms with E-state index in [2.05, 4.69) is 4.90 Å². The van der Waals surface area contributed by atoms with Crippen LogP contribution >= 0.6 is 0 Å². The van der Waals surface area contributed by atoms with Gasteiger partial charge < -0.3 is 14.9 Å². The summed E-state index contributed by atoms with van der Waals surface area (Å²) in [5.74, 6) is 0.193. The Bertz CT molecular complexity index is 253. The van der Waals surface area contributed by atoms with Gasteiger partial charge >= 0.3 is 0 Å². The molecule has 1 saturated heterocycles. The van der Waals surface area contributed by atoms with E-state index in [-0.39, 0.29) is 5.91 Å². The predicted molar refractivity (Wildman–Crippen MR) is 67.9 cm³/mol. The molecule has 0 radical (unpaired) electrons. The molecule has 17 heavy (non-hydrogen) atoms. The zero-order valence-electron chi connectivity index (χ0n) is 11.4. The van der Waals surface area contributed by atoms with Gasteiger partial charge in [0.15, 0.2) is 0 Å². The first-order chi connectivity index (χ1) is 7.78. The van der Waals surface area contributed by atoms with Gasteiger partial charge in [-0.05, 0) is 27.9 Å². The van der Waals surface area contributed by atoms with Crippen molar-refractivity contribution in [3.8, 4) is 0 Å². The largest absolute Gasteiger partial charge is 0.389 e. The molecule has 1 aliphatic rings. The Morgan fingerprint density at radius 2 is 1.76 bits per heavy atom. The number of hydrogen-bond donors (Lipinski definition) is 1. The summed E-state index contributed by atoms with van der Waals surface area (Å²) in [4.78, 5) is 17.8. The maximum absolute atomic E-state index is 11.8. The van der Waals surface area contributed by atoms with Gasteiger partial charge in [-0.1, -0.05) is 0 Å². The molecule has 0 aromatic heterocycles. The lowest BCUT2D eigenvalue weighted by Crippen LogP contribution is -2.53. The molecule has 0 unspecified atom stereocenters. The van der Waals surface area contributed by atoms with Crippen molar-refractivity contribution in [3.05, 3.63) is 0 Å². The number of likely N-dealkylation sites (N-methyl/N-ethyl adjacent to an activating group) is 1. The number of amides is 1. The molecule has 1 rings (SSSR count). The van der Waals surface area contributed by atoms with E-state index >= 15 is 0 Å². The fourth-order valence-corrected chi connectivity index (χ4v) is 2.07. The van der Waals surface area contributed by atoms with Crippen LogP contribution in [-0.2, 0) is 4.79 Å². The van der Waals surface area contributed by atoms with Crippen LogP contribution in [-0.4, -0.2) is 84.7 Å². The highest BCUT2D eigenvalue weighted by Gasteiger charge is 2.24. The van der Waals surface area contributed by atoms with Crippen molar-refractivity contribution in [3.63, 3.8) is 0 Å². The minimum Gasteiger partial charge on any atom is -0.389 e. The second-order valence-electron chi connectivity index (χ2n) is 5.71. The molecule has 0 aliphatic carbocycles. The maximum Gasteiger partial charge on any atom is 0.236 e. The van der Waals surface area contributed by atoms with E-state index in [1.807, 2.05) is 37.7 Å². The summed E-state index contributed by atoms with van der Waals surface area (Å²) < 4.78 is 0. The van der Waals surface area contributed by atoms with Crippen LogP contribution in [0.3, 0.4) is 0 Å². The SMILES string of the molecule is CN(C)CC(=O)N1CCN(CC(C)(C)O)CC1. The minimum absolute atomic E-state index is 0.193. The van der Waals surface area contributed by atoms with Crippen LogP contribution in [0, 0.1) is 0 Å². The molecule has 0 bridgehead atoms. The fourth-order valence-electron chi connectivity index (χ4n) is 2.07. The lowest BCUT2D eigenvalue weighted by atomic mass is 10.1. The first-order valence-corrected chi connectivity index (χ1v) is 6.15. The highest BCUT2D eigenvalue weighted by atomic mass is 16.3. The van der Waals surface area contributed by atoms with Gasteiger partial charge in [0.2, 0.25) is 5.91 Å². The van der Waals surface area contributed by atoms with Crippen LogP contribution < -0.4 is 0 Å². The van der Waals surface area contributed by atoms with Crippen molar-refractivity contribution in [2.45, 2.75) is 19.4 Å². The normalized spacial score (nSPS) is 18.8. The topological polar surface area (TPSA) is 47.0 Å². The van der Waals surface area contributed by atoms with Crippen LogP contribution in [0.15, 0.2) is 0 Å². The lowest BCUT2D eigenvalue weighted by molar-refractivity contribution is -0.133. The second-order valence-corrected chi connectivity index (χ2v) is 5.71. The van der Waals surface area contributed by atoms with Crippen LogP contribution in [0.5, 0.6) is 0 Å². The molecule has 0 saturated carbocycles. The summed E-state index contributed by atoms with van der Waals surface area (Å²) in [7, 11) is 3.81. The highest BCUT2D eigenvalue weighted by Crippen LogP contribution is 2.08. The highest BCUT2D eigenvalue weighted by molar-refractivity contribution is 5.78. The van der Waals surface area contributed by atoms with Gasteiger partial charge in [0, 0.05) is 32.7 Å². The van der Waals surface area contributed by atoms with E-state index in [1.165, 1.54) is 0 Å². The Balaban J connectivity index is 2.33. The summed E-state index contributed by atoms with van der Waals surface area (Å²) in [5.41, 5.74) is -0.657. The van der Waals surface area contributed by atoms with Crippen molar-refractivity contribution >= 4 is 5.91 Å². The van der Waals surface area contributed by atoms with Gasteiger partial charge in [-0.3, -0.25) is 9.69 Å². The van der Waals surface area contributed by atoms with Gasteiger partial charge in [0.05, 0.1) is 12.1 Å². The monoisotopic (exact) mass is 243 g/mol. The van der Waals surface area contributed by atoms with E-state index < -0.39 is 5.60 Å². The molecule has 0 aromatic rings. The van der Waals surface area contributed by atoms with E-state index in [4.69, 9.17) is 0 Å². The zero-order valence-corrected chi connectivity index (χ0v) is 11.4. The Morgan fingerprint density at radius 3 is 2.18 bits per heavy atom. The summed E-state index contributed by atoms with van der Waals surface area (Å²) in [6, 6.07) is 0. The van der Waals surface area contributed by atoms with E-state index in [1.54, 1.807) is 0 Å². The molecule has 0 atom stereocenters. The number of hydrogen-bond acceptors (Lipinski definition) is 4. The number of β-amino-alcohol motifs (C(OH)–C–C–N with tert-alkyl or cyclic N) is 1. The smallest absolute Gasteiger partial charge is 0.236 e. The number of piperazine rings is 1. The Hall–Kier alpha value is -0.650. The van der Waals surface area contributed by atoms with Gasteiger partial charge in [-0.15, -0.1) is 0 Å². The summed E-state index contributed by atoms with van der Waals surface area (Å²) in [5, 5.41) is 9.74. The average Bonchev–Trinajstić information content (AvgIpc) is 2.15. The lowest BCUT2D eigenvalue weighted by Gasteiger charge is -2.37. The van der Waals surface area contributed by atoms with Crippen molar-refractivity contribution in [1.29, 1.82) is 0 Å². The van der Waals surface area contributed by atoms with E-state index in [0.717, 1.165) is 26.2 Å².